The van der Waals surface area contributed by atoms with E-state index in [9.17, 15) is 0 Å². The molecule has 0 fully saturated rings. The van der Waals surface area contributed by atoms with E-state index >= 15 is 0 Å². The quantitative estimate of drug-likeness (QED) is 0.768. The fourth-order valence-corrected chi connectivity index (χ4v) is 1.09. The Labute approximate surface area is 89.1 Å². The van der Waals surface area contributed by atoms with Gasteiger partial charge < -0.3 is 10.8 Å². The van der Waals surface area contributed by atoms with Crippen LogP contribution in [0.1, 0.15) is 12.0 Å². The summed E-state index contributed by atoms with van der Waals surface area (Å²) in [4.78, 5) is 0. The molecule has 13 heavy (non-hydrogen) atoms. The Bertz CT molecular complexity index is 236. The first kappa shape index (κ1) is 12.7. The normalized spacial score (nSPS) is 11.9. The van der Waals surface area contributed by atoms with Crippen molar-refractivity contribution in [2.24, 2.45) is 5.73 Å². The lowest BCUT2D eigenvalue weighted by molar-refractivity contribution is 0.172. The van der Waals surface area contributed by atoms with Crippen LogP contribution in [0.2, 0.25) is 5.02 Å². The van der Waals surface area contributed by atoms with Crippen LogP contribution < -0.4 is 5.73 Å². The minimum absolute atomic E-state index is 0. The third-order valence-electron chi connectivity index (χ3n) is 1.64. The smallest absolute Gasteiger partial charge is 0.102 e. The first-order chi connectivity index (χ1) is 5.68. The lowest BCUT2D eigenvalue weighted by atomic mass is 10.1. The van der Waals surface area contributed by atoms with Crippen LogP contribution in [-0.4, -0.2) is 11.3 Å². The van der Waals surface area contributed by atoms with Crippen molar-refractivity contribution in [1.82, 2.24) is 0 Å². The molecule has 1 atom stereocenters. The van der Waals surface area contributed by atoms with Crippen LogP contribution in [0.5, 0.6) is 0 Å². The summed E-state index contributed by atoms with van der Waals surface area (Å²) in [6.45, 7) is 0. The molecule has 2 nitrogen and oxygen atoms in total. The molecule has 1 unspecified atom stereocenters. The van der Waals surface area contributed by atoms with E-state index in [0.717, 1.165) is 17.0 Å². The highest BCUT2D eigenvalue weighted by molar-refractivity contribution is 6.30. The zero-order chi connectivity index (χ0) is 8.97. The number of benzene rings is 1. The third-order valence-corrected chi connectivity index (χ3v) is 1.89. The van der Waals surface area contributed by atoms with Gasteiger partial charge in [-0.15, -0.1) is 12.4 Å². The van der Waals surface area contributed by atoms with Crippen molar-refractivity contribution in [1.29, 1.82) is 0 Å². The summed E-state index contributed by atoms with van der Waals surface area (Å²) in [7, 11) is 0. The Balaban J connectivity index is 0.00000144. The van der Waals surface area contributed by atoms with Gasteiger partial charge in [0.05, 0.1) is 0 Å². The van der Waals surface area contributed by atoms with Crippen molar-refractivity contribution in [2.75, 3.05) is 0 Å². The van der Waals surface area contributed by atoms with E-state index in [4.69, 9.17) is 22.4 Å². The summed E-state index contributed by atoms with van der Waals surface area (Å²) >= 11 is 5.70. The van der Waals surface area contributed by atoms with Crippen LogP contribution in [0.15, 0.2) is 24.3 Å². The van der Waals surface area contributed by atoms with Crippen molar-refractivity contribution in [2.45, 2.75) is 19.1 Å². The average Bonchev–Trinajstić information content (AvgIpc) is 2.03. The molecule has 0 bridgehead atoms. The maximum Gasteiger partial charge on any atom is 0.102 e. The number of hydrogen-bond acceptors (Lipinski definition) is 2. The van der Waals surface area contributed by atoms with Crippen molar-refractivity contribution in [3.05, 3.63) is 34.9 Å². The second-order valence-corrected chi connectivity index (χ2v) is 3.17. The summed E-state index contributed by atoms with van der Waals surface area (Å²) in [6.07, 6.45) is 0.650. The lowest BCUT2D eigenvalue weighted by Gasteiger charge is -2.03. The zero-order valence-electron chi connectivity index (χ0n) is 7.11. The van der Waals surface area contributed by atoms with E-state index in [2.05, 4.69) is 0 Å². The van der Waals surface area contributed by atoms with Crippen LogP contribution in [0, 0.1) is 0 Å². The van der Waals surface area contributed by atoms with Crippen LogP contribution in [0.4, 0.5) is 0 Å². The van der Waals surface area contributed by atoms with Gasteiger partial charge in [-0.1, -0.05) is 23.7 Å². The SMILES string of the molecule is Cl.NC(O)CCc1ccc(Cl)cc1. The fourth-order valence-electron chi connectivity index (χ4n) is 0.966. The first-order valence-corrected chi connectivity index (χ1v) is 4.24. The molecule has 0 amide bonds. The molecule has 74 valence electrons. The van der Waals surface area contributed by atoms with E-state index in [1.54, 1.807) is 0 Å². The molecule has 0 saturated heterocycles. The van der Waals surface area contributed by atoms with Gasteiger partial charge in [0.2, 0.25) is 0 Å². The molecule has 0 spiro atoms. The highest BCUT2D eigenvalue weighted by Crippen LogP contribution is 2.10. The Morgan fingerprint density at radius 1 is 1.31 bits per heavy atom. The summed E-state index contributed by atoms with van der Waals surface area (Å²) in [6, 6.07) is 7.54. The minimum Gasteiger partial charge on any atom is -0.379 e. The number of nitrogens with two attached hydrogens (primary N) is 1. The zero-order valence-corrected chi connectivity index (χ0v) is 8.68. The molecule has 1 aromatic rings. The Hall–Kier alpha value is -0.280. The molecular weight excluding hydrogens is 209 g/mol. The van der Waals surface area contributed by atoms with Crippen LogP contribution in [0.25, 0.3) is 0 Å². The van der Waals surface area contributed by atoms with E-state index in [1.165, 1.54) is 0 Å². The van der Waals surface area contributed by atoms with Crippen LogP contribution in [-0.2, 0) is 6.42 Å². The van der Waals surface area contributed by atoms with E-state index in [1.807, 2.05) is 24.3 Å². The summed E-state index contributed by atoms with van der Waals surface area (Å²) in [5.41, 5.74) is 6.34. The van der Waals surface area contributed by atoms with E-state index in [-0.39, 0.29) is 12.4 Å². The number of aliphatic hydroxyl groups excluding tert-OH is 1. The molecule has 1 rings (SSSR count). The predicted molar refractivity (Wildman–Crippen MR) is 57.2 cm³/mol. The van der Waals surface area contributed by atoms with E-state index < -0.39 is 6.23 Å². The summed E-state index contributed by atoms with van der Waals surface area (Å²) < 4.78 is 0. The third kappa shape index (κ3) is 5.11. The predicted octanol–water partition coefficient (Wildman–Crippen LogP) is 1.97. The van der Waals surface area contributed by atoms with Crippen molar-refractivity contribution < 1.29 is 5.11 Å². The topological polar surface area (TPSA) is 46.2 Å². The highest BCUT2D eigenvalue weighted by atomic mass is 35.5. The van der Waals surface area contributed by atoms with Gasteiger partial charge in [0.25, 0.3) is 0 Å². The van der Waals surface area contributed by atoms with Crippen LogP contribution >= 0.6 is 24.0 Å². The highest BCUT2D eigenvalue weighted by Gasteiger charge is 1.97. The van der Waals surface area contributed by atoms with Crippen molar-refractivity contribution in [3.8, 4) is 0 Å². The molecule has 0 saturated carbocycles. The molecule has 0 heterocycles. The summed E-state index contributed by atoms with van der Waals surface area (Å²) in [5.74, 6) is 0. The average molecular weight is 222 g/mol. The van der Waals surface area contributed by atoms with Gasteiger partial charge in [-0.3, -0.25) is 0 Å². The van der Waals surface area contributed by atoms with Crippen molar-refractivity contribution >= 4 is 24.0 Å². The number of rotatable bonds is 3. The molecular formula is C9H13Cl2NO. The van der Waals surface area contributed by atoms with Gasteiger partial charge in [0.1, 0.15) is 6.23 Å². The minimum atomic E-state index is -0.722. The molecule has 1 aromatic carbocycles. The molecule has 0 radical (unpaired) electrons. The molecule has 3 N–H and O–H groups in total. The maximum atomic E-state index is 8.82. The number of aryl methyl sites for hydroxylation is 1. The van der Waals surface area contributed by atoms with Gasteiger partial charge >= 0.3 is 0 Å². The molecule has 0 aliphatic rings. The second-order valence-electron chi connectivity index (χ2n) is 2.73. The van der Waals surface area contributed by atoms with Gasteiger partial charge in [-0.05, 0) is 30.5 Å². The largest absolute Gasteiger partial charge is 0.379 e. The van der Waals surface area contributed by atoms with Gasteiger partial charge in [-0.2, -0.15) is 0 Å². The summed E-state index contributed by atoms with van der Waals surface area (Å²) in [5, 5.41) is 9.55. The fraction of sp³-hybridized carbons (Fsp3) is 0.333. The lowest BCUT2D eigenvalue weighted by Crippen LogP contribution is -2.19. The molecule has 4 heteroatoms. The van der Waals surface area contributed by atoms with Gasteiger partial charge in [0.15, 0.2) is 0 Å². The van der Waals surface area contributed by atoms with Crippen LogP contribution in [0.3, 0.4) is 0 Å². The monoisotopic (exact) mass is 221 g/mol. The Kier molecular flexibility index (Phi) is 6.08. The van der Waals surface area contributed by atoms with E-state index in [0.29, 0.717) is 6.42 Å². The second kappa shape index (κ2) is 6.22. The Morgan fingerprint density at radius 3 is 2.31 bits per heavy atom. The molecule has 0 aliphatic carbocycles. The van der Waals surface area contributed by atoms with Crippen molar-refractivity contribution in [3.63, 3.8) is 0 Å². The Morgan fingerprint density at radius 2 is 1.85 bits per heavy atom. The number of aliphatic hydroxyl groups is 1. The first-order valence-electron chi connectivity index (χ1n) is 3.86. The van der Waals surface area contributed by atoms with Gasteiger partial charge in [0, 0.05) is 5.02 Å². The standard InChI is InChI=1S/C9H12ClNO.ClH/c10-8-4-1-7(2-5-8)3-6-9(11)12;/h1-2,4-5,9,12H,3,6,11H2;1H. The molecule has 0 aromatic heterocycles. The number of hydrogen-bond donors (Lipinski definition) is 2. The number of halogens is 2. The van der Waals surface area contributed by atoms with Gasteiger partial charge in [-0.25, -0.2) is 0 Å². The maximum absolute atomic E-state index is 8.82. The molecule has 0 aliphatic heterocycles.